The van der Waals surface area contributed by atoms with E-state index < -0.39 is 0 Å². The summed E-state index contributed by atoms with van der Waals surface area (Å²) in [6, 6.07) is 9.00. The molecule has 19 heavy (non-hydrogen) atoms. The van der Waals surface area contributed by atoms with E-state index in [1.54, 1.807) is 24.3 Å². The van der Waals surface area contributed by atoms with E-state index in [1.165, 1.54) is 0 Å². The Morgan fingerprint density at radius 3 is 2.95 bits per heavy atom. The average Bonchev–Trinajstić information content (AvgIpc) is 2.37. The maximum absolute atomic E-state index is 11.7. The molecule has 1 aliphatic heterocycles. The number of para-hydroxylation sites is 1. The maximum atomic E-state index is 11.7. The van der Waals surface area contributed by atoms with Crippen molar-refractivity contribution in [2.24, 2.45) is 0 Å². The van der Waals surface area contributed by atoms with Crippen LogP contribution < -0.4 is 5.32 Å². The normalized spacial score (nSPS) is 14.5. The van der Waals surface area contributed by atoms with Gasteiger partial charge in [-0.05, 0) is 18.6 Å². The summed E-state index contributed by atoms with van der Waals surface area (Å²) in [5.41, 5.74) is 1.03. The van der Waals surface area contributed by atoms with Crippen LogP contribution in [0.2, 0.25) is 0 Å². The van der Waals surface area contributed by atoms with Crippen LogP contribution in [0, 0.1) is 11.3 Å². The van der Waals surface area contributed by atoms with Crippen LogP contribution in [0.15, 0.2) is 24.3 Å². The van der Waals surface area contributed by atoms with Crippen molar-refractivity contribution in [2.75, 3.05) is 25.1 Å². The minimum absolute atomic E-state index is 0.101. The third-order valence-electron chi connectivity index (χ3n) is 2.83. The summed E-state index contributed by atoms with van der Waals surface area (Å²) in [6.07, 6.45) is 1.24. The predicted octanol–water partition coefficient (Wildman–Crippen LogP) is 1.69. The van der Waals surface area contributed by atoms with Crippen LogP contribution in [0.3, 0.4) is 0 Å². The SMILES string of the molecule is N#Cc1ccccc1NC(=O)CCCOC1COC1. The van der Waals surface area contributed by atoms with Crippen molar-refractivity contribution < 1.29 is 14.3 Å². The van der Waals surface area contributed by atoms with Crippen LogP contribution in [0.1, 0.15) is 18.4 Å². The lowest BCUT2D eigenvalue weighted by atomic mass is 10.2. The van der Waals surface area contributed by atoms with Crippen molar-refractivity contribution >= 4 is 11.6 Å². The number of benzene rings is 1. The van der Waals surface area contributed by atoms with Crippen LogP contribution in [0.5, 0.6) is 0 Å². The van der Waals surface area contributed by atoms with E-state index >= 15 is 0 Å². The second-order valence-electron chi connectivity index (χ2n) is 4.34. The Hall–Kier alpha value is -1.90. The molecule has 0 aliphatic carbocycles. The molecule has 0 atom stereocenters. The second kappa shape index (κ2) is 6.88. The van der Waals surface area contributed by atoms with E-state index in [4.69, 9.17) is 14.7 Å². The van der Waals surface area contributed by atoms with Gasteiger partial charge in [-0.3, -0.25) is 4.79 Å². The van der Waals surface area contributed by atoms with Gasteiger partial charge in [0.25, 0.3) is 0 Å². The van der Waals surface area contributed by atoms with Crippen LogP contribution in [-0.2, 0) is 14.3 Å². The summed E-state index contributed by atoms with van der Waals surface area (Å²) >= 11 is 0. The number of ether oxygens (including phenoxy) is 2. The lowest BCUT2D eigenvalue weighted by molar-refractivity contribution is -0.131. The topological polar surface area (TPSA) is 71.4 Å². The van der Waals surface area contributed by atoms with Gasteiger partial charge in [0.05, 0.1) is 24.5 Å². The Kier molecular flexibility index (Phi) is 4.90. The molecule has 1 N–H and O–H groups in total. The number of anilines is 1. The summed E-state index contributed by atoms with van der Waals surface area (Å²) in [6.45, 7) is 1.87. The van der Waals surface area contributed by atoms with Crippen molar-refractivity contribution in [2.45, 2.75) is 18.9 Å². The van der Waals surface area contributed by atoms with E-state index in [0.717, 1.165) is 0 Å². The first-order valence-electron chi connectivity index (χ1n) is 6.28. The summed E-state index contributed by atoms with van der Waals surface area (Å²) in [4.78, 5) is 11.7. The van der Waals surface area contributed by atoms with Gasteiger partial charge in [-0.2, -0.15) is 5.26 Å². The van der Waals surface area contributed by atoms with Gasteiger partial charge < -0.3 is 14.8 Å². The van der Waals surface area contributed by atoms with Gasteiger partial charge in [-0.25, -0.2) is 0 Å². The molecule has 0 unspecified atom stereocenters. The Labute approximate surface area is 112 Å². The van der Waals surface area contributed by atoms with E-state index in [-0.39, 0.29) is 12.0 Å². The highest BCUT2D eigenvalue weighted by molar-refractivity contribution is 5.92. The molecule has 2 rings (SSSR count). The quantitative estimate of drug-likeness (QED) is 0.790. The van der Waals surface area contributed by atoms with Gasteiger partial charge in [0.2, 0.25) is 5.91 Å². The molecule has 5 nitrogen and oxygen atoms in total. The summed E-state index contributed by atoms with van der Waals surface area (Å²) in [7, 11) is 0. The molecule has 0 bridgehead atoms. The van der Waals surface area contributed by atoms with Crippen LogP contribution in [0.4, 0.5) is 5.69 Å². The molecule has 1 fully saturated rings. The van der Waals surface area contributed by atoms with Gasteiger partial charge in [0, 0.05) is 13.0 Å². The Morgan fingerprint density at radius 2 is 2.26 bits per heavy atom. The molecule has 1 heterocycles. The number of amides is 1. The highest BCUT2D eigenvalue weighted by Crippen LogP contribution is 2.14. The standard InChI is InChI=1S/C14H16N2O3/c15-8-11-4-1-2-5-13(11)16-14(17)6-3-7-19-12-9-18-10-12/h1-2,4-5,12H,3,6-7,9-10H2,(H,16,17). The fraction of sp³-hybridized carbons (Fsp3) is 0.429. The van der Waals surface area contributed by atoms with Gasteiger partial charge in [0.15, 0.2) is 0 Å². The van der Waals surface area contributed by atoms with Crippen molar-refractivity contribution in [1.29, 1.82) is 5.26 Å². The highest BCUT2D eigenvalue weighted by atomic mass is 16.6. The smallest absolute Gasteiger partial charge is 0.224 e. The molecule has 1 aliphatic rings. The van der Waals surface area contributed by atoms with Crippen LogP contribution >= 0.6 is 0 Å². The lowest BCUT2D eigenvalue weighted by Gasteiger charge is -2.25. The molecule has 1 saturated heterocycles. The first-order chi connectivity index (χ1) is 9.29. The first-order valence-corrected chi connectivity index (χ1v) is 6.28. The number of hydrogen-bond acceptors (Lipinski definition) is 4. The predicted molar refractivity (Wildman–Crippen MR) is 69.6 cm³/mol. The number of hydrogen-bond donors (Lipinski definition) is 1. The minimum Gasteiger partial charge on any atom is -0.376 e. The molecule has 0 radical (unpaired) electrons. The van der Waals surface area contributed by atoms with E-state index in [0.29, 0.717) is 43.9 Å². The van der Waals surface area contributed by atoms with Crippen LogP contribution in [-0.4, -0.2) is 31.8 Å². The number of rotatable bonds is 6. The Bertz CT molecular complexity index is 478. The fourth-order valence-corrected chi connectivity index (χ4v) is 1.70. The van der Waals surface area contributed by atoms with Gasteiger partial charge >= 0.3 is 0 Å². The molecule has 0 saturated carbocycles. The van der Waals surface area contributed by atoms with Crippen LogP contribution in [0.25, 0.3) is 0 Å². The molecule has 0 aromatic heterocycles. The summed E-state index contributed by atoms with van der Waals surface area (Å²) in [5, 5.41) is 11.6. The van der Waals surface area contributed by atoms with E-state index in [2.05, 4.69) is 5.32 Å². The largest absolute Gasteiger partial charge is 0.376 e. The molecule has 1 aromatic rings. The third-order valence-corrected chi connectivity index (χ3v) is 2.83. The average molecular weight is 260 g/mol. The number of nitrogens with zero attached hydrogens (tertiary/aromatic N) is 1. The van der Waals surface area contributed by atoms with Gasteiger partial charge in [0.1, 0.15) is 12.2 Å². The molecule has 0 spiro atoms. The van der Waals surface area contributed by atoms with Gasteiger partial charge in [-0.15, -0.1) is 0 Å². The molecule has 1 amide bonds. The maximum Gasteiger partial charge on any atom is 0.224 e. The third kappa shape index (κ3) is 4.05. The number of nitriles is 1. The van der Waals surface area contributed by atoms with Crippen molar-refractivity contribution in [3.63, 3.8) is 0 Å². The van der Waals surface area contributed by atoms with E-state index in [9.17, 15) is 4.79 Å². The Balaban J connectivity index is 1.70. The Morgan fingerprint density at radius 1 is 1.47 bits per heavy atom. The molecule has 5 heteroatoms. The summed E-state index contributed by atoms with van der Waals surface area (Å²) in [5.74, 6) is -0.101. The first kappa shape index (κ1) is 13.5. The zero-order chi connectivity index (χ0) is 13.5. The fourth-order valence-electron chi connectivity index (χ4n) is 1.70. The van der Waals surface area contributed by atoms with Crippen molar-refractivity contribution in [3.05, 3.63) is 29.8 Å². The molecule has 1 aromatic carbocycles. The summed E-state index contributed by atoms with van der Waals surface area (Å²) < 4.78 is 10.4. The lowest BCUT2D eigenvalue weighted by Crippen LogP contribution is -2.36. The second-order valence-corrected chi connectivity index (χ2v) is 4.34. The number of carbonyl (C=O) groups is 1. The van der Waals surface area contributed by atoms with E-state index in [1.807, 2.05) is 6.07 Å². The molecular weight excluding hydrogens is 244 g/mol. The highest BCUT2D eigenvalue weighted by Gasteiger charge is 2.18. The zero-order valence-corrected chi connectivity index (χ0v) is 10.6. The van der Waals surface area contributed by atoms with Gasteiger partial charge in [-0.1, -0.05) is 12.1 Å². The minimum atomic E-state index is -0.101. The monoisotopic (exact) mass is 260 g/mol. The molecular formula is C14H16N2O3. The number of carbonyl (C=O) groups excluding carboxylic acids is 1. The van der Waals surface area contributed by atoms with Crippen molar-refractivity contribution in [1.82, 2.24) is 0 Å². The molecule has 100 valence electrons. The van der Waals surface area contributed by atoms with Crippen molar-refractivity contribution in [3.8, 4) is 6.07 Å². The number of nitrogens with one attached hydrogen (secondary N) is 1. The zero-order valence-electron chi connectivity index (χ0n) is 10.6.